The van der Waals surface area contributed by atoms with Crippen molar-refractivity contribution < 1.29 is 23.5 Å². The highest BCUT2D eigenvalue weighted by molar-refractivity contribution is 7.13. The predicted octanol–water partition coefficient (Wildman–Crippen LogP) is 5.03. The summed E-state index contributed by atoms with van der Waals surface area (Å²) in [5.74, 6) is 2.39. The average molecular weight is 532 g/mol. The fourth-order valence-corrected chi connectivity index (χ4v) is 4.81. The molecule has 2 aliphatic rings. The van der Waals surface area contributed by atoms with Gasteiger partial charge < -0.3 is 18.8 Å². The van der Waals surface area contributed by atoms with Crippen molar-refractivity contribution in [3.8, 4) is 28.7 Å². The lowest BCUT2D eigenvalue weighted by Gasteiger charge is -2.15. The van der Waals surface area contributed by atoms with Crippen LogP contribution in [-0.2, 0) is 4.79 Å². The average Bonchev–Trinajstić information content (AvgIpc) is 3.36. The van der Waals surface area contributed by atoms with Crippen LogP contribution in [0, 0.1) is 6.92 Å². The number of anilines is 1. The number of aromatic nitrogens is 3. The molecule has 1 atom stereocenters. The van der Waals surface area contributed by atoms with Gasteiger partial charge in [0.25, 0.3) is 11.8 Å². The number of hydrogen-bond donors (Lipinski definition) is 1. The number of carbonyl (C=O) groups excluding carboxylic acids is 2. The third kappa shape index (κ3) is 5.23. The molecule has 0 bridgehead atoms. The third-order valence-corrected chi connectivity index (χ3v) is 7.22. The number of nitrogens with zero attached hydrogens (tertiary/aromatic N) is 4. The summed E-state index contributed by atoms with van der Waals surface area (Å²) < 4.78 is 17.9. The van der Waals surface area contributed by atoms with Gasteiger partial charge in [-0.25, -0.2) is 4.98 Å². The van der Waals surface area contributed by atoms with Crippen molar-refractivity contribution in [1.29, 1.82) is 0 Å². The van der Waals surface area contributed by atoms with E-state index in [0.29, 0.717) is 58.6 Å². The van der Waals surface area contributed by atoms with Gasteiger partial charge in [0, 0.05) is 48.5 Å². The fourth-order valence-electron chi connectivity index (χ4n) is 4.12. The molecule has 2 amide bonds. The Labute approximate surface area is 222 Å². The zero-order chi connectivity index (χ0) is 26.2. The zero-order valence-corrected chi connectivity index (χ0v) is 21.7. The quantitative estimate of drug-likeness (QED) is 0.336. The number of aryl methyl sites for hydroxylation is 1. The predicted molar refractivity (Wildman–Crippen MR) is 140 cm³/mol. The molecule has 4 aromatic rings. The molecule has 1 saturated heterocycles. The summed E-state index contributed by atoms with van der Waals surface area (Å²) in [7, 11) is 1.74. The summed E-state index contributed by atoms with van der Waals surface area (Å²) in [5.41, 5.74) is 1.93. The molecule has 1 aliphatic carbocycles. The second-order valence-corrected chi connectivity index (χ2v) is 10.3. The smallest absolute Gasteiger partial charge is 0.263 e. The number of hydrogen-bond acceptors (Lipinski definition) is 9. The van der Waals surface area contributed by atoms with Crippen LogP contribution in [0.4, 0.5) is 5.13 Å². The van der Waals surface area contributed by atoms with Crippen LogP contribution in [0.25, 0.3) is 11.5 Å². The number of likely N-dealkylation sites (tertiary alicyclic amines) is 1. The molecule has 0 spiro atoms. The summed E-state index contributed by atoms with van der Waals surface area (Å²) in [6, 6.07) is 12.2. The van der Waals surface area contributed by atoms with Crippen molar-refractivity contribution >= 4 is 28.3 Å². The Morgan fingerprint density at radius 2 is 1.87 bits per heavy atom. The first-order valence-corrected chi connectivity index (χ1v) is 13.2. The standard InChI is InChI=1S/C27H25N5O5S/c1-15-14-38-27(28-15)29-23(33)18-11-20(13-21(12-18)36-22-9-10-32(2)26(22)34)35-19-7-5-17(6-8-19)25-31-30-24(37-25)16-3-4-16/h5-8,11-14,16,22H,3-4,9-10H2,1-2H3,(H,28,29,33). The van der Waals surface area contributed by atoms with Gasteiger partial charge in [0.2, 0.25) is 11.8 Å². The summed E-state index contributed by atoms with van der Waals surface area (Å²) >= 11 is 1.34. The minimum Gasteiger partial charge on any atom is -0.480 e. The van der Waals surface area contributed by atoms with Gasteiger partial charge in [0.1, 0.15) is 17.2 Å². The first-order chi connectivity index (χ1) is 18.4. The molecule has 38 heavy (non-hydrogen) atoms. The molecular weight excluding hydrogens is 506 g/mol. The van der Waals surface area contributed by atoms with Crippen molar-refractivity contribution in [2.24, 2.45) is 0 Å². The topological polar surface area (TPSA) is 120 Å². The Morgan fingerprint density at radius 3 is 2.55 bits per heavy atom. The number of thiazole rings is 1. The highest BCUT2D eigenvalue weighted by Crippen LogP contribution is 2.40. The van der Waals surface area contributed by atoms with Gasteiger partial charge in [0.05, 0.1) is 5.69 Å². The lowest BCUT2D eigenvalue weighted by molar-refractivity contribution is -0.132. The largest absolute Gasteiger partial charge is 0.480 e. The minimum atomic E-state index is -0.609. The van der Waals surface area contributed by atoms with Gasteiger partial charge in [-0.2, -0.15) is 0 Å². The van der Waals surface area contributed by atoms with E-state index in [4.69, 9.17) is 13.9 Å². The molecule has 2 aromatic carbocycles. The van der Waals surface area contributed by atoms with Crippen LogP contribution in [0.5, 0.6) is 17.2 Å². The molecular formula is C27H25N5O5S. The monoisotopic (exact) mass is 531 g/mol. The molecule has 1 N–H and O–H groups in total. The molecule has 10 nitrogen and oxygen atoms in total. The molecule has 2 fully saturated rings. The van der Waals surface area contributed by atoms with E-state index in [1.54, 1.807) is 42.3 Å². The molecule has 2 aromatic heterocycles. The first kappa shape index (κ1) is 24.1. The second kappa shape index (κ2) is 9.90. The summed E-state index contributed by atoms with van der Waals surface area (Å²) in [4.78, 5) is 31.4. The van der Waals surface area contributed by atoms with E-state index in [1.165, 1.54) is 11.3 Å². The van der Waals surface area contributed by atoms with Crippen LogP contribution in [-0.4, -0.2) is 51.6 Å². The normalized spacial score (nSPS) is 17.1. The van der Waals surface area contributed by atoms with Crippen molar-refractivity contribution in [1.82, 2.24) is 20.1 Å². The maximum absolute atomic E-state index is 13.0. The summed E-state index contributed by atoms with van der Waals surface area (Å²) in [6.07, 6.45) is 2.14. The van der Waals surface area contributed by atoms with Crippen molar-refractivity contribution in [3.63, 3.8) is 0 Å². The van der Waals surface area contributed by atoms with E-state index in [1.807, 2.05) is 24.4 Å². The van der Waals surface area contributed by atoms with Crippen LogP contribution >= 0.6 is 11.3 Å². The van der Waals surface area contributed by atoms with Crippen LogP contribution < -0.4 is 14.8 Å². The third-order valence-electron chi connectivity index (χ3n) is 6.34. The number of ether oxygens (including phenoxy) is 2. The lowest BCUT2D eigenvalue weighted by Crippen LogP contribution is -2.29. The first-order valence-electron chi connectivity index (χ1n) is 12.3. The summed E-state index contributed by atoms with van der Waals surface area (Å²) in [5, 5.41) is 13.4. The summed E-state index contributed by atoms with van der Waals surface area (Å²) in [6.45, 7) is 2.48. The number of likely N-dealkylation sites (N-methyl/N-ethyl adjacent to an activating group) is 1. The Morgan fingerprint density at radius 1 is 1.08 bits per heavy atom. The van der Waals surface area contributed by atoms with Gasteiger partial charge in [-0.1, -0.05) is 0 Å². The number of amides is 2. The number of nitrogens with one attached hydrogen (secondary N) is 1. The maximum atomic E-state index is 13.0. The molecule has 1 unspecified atom stereocenters. The Kier molecular flexibility index (Phi) is 6.28. The van der Waals surface area contributed by atoms with Crippen LogP contribution in [0.3, 0.4) is 0 Å². The number of benzene rings is 2. The van der Waals surface area contributed by atoms with E-state index < -0.39 is 6.10 Å². The molecule has 1 aliphatic heterocycles. The van der Waals surface area contributed by atoms with Crippen LogP contribution in [0.1, 0.15) is 47.1 Å². The lowest BCUT2D eigenvalue weighted by atomic mass is 10.1. The number of carbonyl (C=O) groups is 2. The van der Waals surface area contributed by atoms with E-state index in [0.717, 1.165) is 24.1 Å². The van der Waals surface area contributed by atoms with E-state index in [-0.39, 0.29) is 11.8 Å². The van der Waals surface area contributed by atoms with Gasteiger partial charge in [-0.05, 0) is 56.2 Å². The number of rotatable bonds is 8. The molecule has 0 radical (unpaired) electrons. The highest BCUT2D eigenvalue weighted by Gasteiger charge is 2.31. The maximum Gasteiger partial charge on any atom is 0.263 e. The van der Waals surface area contributed by atoms with Gasteiger partial charge in [0.15, 0.2) is 11.2 Å². The van der Waals surface area contributed by atoms with E-state index in [2.05, 4.69) is 20.5 Å². The van der Waals surface area contributed by atoms with Gasteiger partial charge in [-0.3, -0.25) is 14.9 Å². The molecule has 3 heterocycles. The fraction of sp³-hybridized carbons (Fsp3) is 0.296. The second-order valence-electron chi connectivity index (χ2n) is 9.44. The van der Waals surface area contributed by atoms with E-state index in [9.17, 15) is 9.59 Å². The Balaban J connectivity index is 1.23. The molecule has 6 rings (SSSR count). The SMILES string of the molecule is Cc1csc(NC(=O)c2cc(Oc3ccc(-c4nnc(C5CC5)o4)cc3)cc(OC3CCN(C)C3=O)c2)n1. The van der Waals surface area contributed by atoms with Gasteiger partial charge in [-0.15, -0.1) is 21.5 Å². The van der Waals surface area contributed by atoms with Crippen molar-refractivity contribution in [2.75, 3.05) is 18.9 Å². The van der Waals surface area contributed by atoms with Crippen LogP contribution in [0.2, 0.25) is 0 Å². The van der Waals surface area contributed by atoms with Crippen molar-refractivity contribution in [2.45, 2.75) is 38.2 Å². The molecule has 11 heteroatoms. The minimum absolute atomic E-state index is 0.0953. The van der Waals surface area contributed by atoms with Crippen LogP contribution in [0.15, 0.2) is 52.3 Å². The van der Waals surface area contributed by atoms with Crippen molar-refractivity contribution in [3.05, 3.63) is 65.0 Å². The van der Waals surface area contributed by atoms with Gasteiger partial charge >= 0.3 is 0 Å². The zero-order valence-electron chi connectivity index (χ0n) is 20.8. The Bertz CT molecular complexity index is 1490. The Hall–Kier alpha value is -4.25. The molecule has 194 valence electrons. The molecule has 1 saturated carbocycles. The van der Waals surface area contributed by atoms with E-state index >= 15 is 0 Å². The highest BCUT2D eigenvalue weighted by atomic mass is 32.1.